The largest absolute Gasteiger partial charge is 0.480 e. The average Bonchev–Trinajstić information content (AvgIpc) is 2.37. The molecule has 1 heterocycles. The van der Waals surface area contributed by atoms with Crippen molar-refractivity contribution in [2.24, 2.45) is 0 Å². The fourth-order valence-corrected chi connectivity index (χ4v) is 2.03. The van der Waals surface area contributed by atoms with Gasteiger partial charge in [-0.1, -0.05) is 25.1 Å². The minimum absolute atomic E-state index is 0.208. The summed E-state index contributed by atoms with van der Waals surface area (Å²) in [6.45, 7) is 1.99. The van der Waals surface area contributed by atoms with E-state index in [9.17, 15) is 9.59 Å². The maximum atomic E-state index is 11.1. The highest BCUT2D eigenvalue weighted by atomic mass is 16.4. The van der Waals surface area contributed by atoms with Crippen molar-refractivity contribution in [1.29, 1.82) is 0 Å². The Bertz CT molecular complexity index is 637. The van der Waals surface area contributed by atoms with Gasteiger partial charge in [-0.25, -0.2) is 0 Å². The van der Waals surface area contributed by atoms with Crippen molar-refractivity contribution in [1.82, 2.24) is 4.98 Å². The summed E-state index contributed by atoms with van der Waals surface area (Å²) in [5, 5.41) is 18.9. The normalized spacial score (nSPS) is 10.8. The number of aromatic nitrogens is 1. The highest BCUT2D eigenvalue weighted by molar-refractivity contribution is 6.02. The average molecular weight is 259 g/mol. The number of nitrogens with zero attached hydrogens (tertiary/aromatic N) is 1. The van der Waals surface area contributed by atoms with E-state index in [1.165, 1.54) is 6.07 Å². The molecule has 0 spiro atoms. The molecule has 2 rings (SSSR count). The molecule has 0 radical (unpaired) electrons. The molecule has 19 heavy (non-hydrogen) atoms. The lowest BCUT2D eigenvalue weighted by Crippen LogP contribution is -2.21. The van der Waals surface area contributed by atoms with E-state index in [1.807, 2.05) is 13.0 Å². The molecule has 98 valence electrons. The molecule has 0 atom stereocenters. The maximum Gasteiger partial charge on any atom is 0.322 e. The van der Waals surface area contributed by atoms with E-state index in [1.54, 1.807) is 18.3 Å². The van der Waals surface area contributed by atoms with Gasteiger partial charge in [-0.05, 0) is 18.1 Å². The SMILES string of the molecule is CCc1cnc2c(C(C(=O)O)C(=O)O)cccc2c1. The van der Waals surface area contributed by atoms with Gasteiger partial charge in [-0.15, -0.1) is 0 Å². The Labute approximate surface area is 109 Å². The van der Waals surface area contributed by atoms with Crippen LogP contribution in [0.2, 0.25) is 0 Å². The van der Waals surface area contributed by atoms with E-state index in [4.69, 9.17) is 10.2 Å². The molecule has 0 fully saturated rings. The number of fused-ring (bicyclic) bond motifs is 1. The maximum absolute atomic E-state index is 11.1. The van der Waals surface area contributed by atoms with Crippen LogP contribution < -0.4 is 0 Å². The zero-order valence-electron chi connectivity index (χ0n) is 10.3. The summed E-state index contributed by atoms with van der Waals surface area (Å²) >= 11 is 0. The van der Waals surface area contributed by atoms with Crippen LogP contribution in [0.15, 0.2) is 30.5 Å². The standard InChI is InChI=1S/C14H13NO4/c1-2-8-6-9-4-3-5-10(12(9)15-7-8)11(13(16)17)14(18)19/h3-7,11H,2H2,1H3,(H,16,17)(H,18,19). The van der Waals surface area contributed by atoms with Gasteiger partial charge < -0.3 is 10.2 Å². The zero-order valence-corrected chi connectivity index (χ0v) is 10.3. The minimum atomic E-state index is -1.59. The Morgan fingerprint density at radius 1 is 1.26 bits per heavy atom. The van der Waals surface area contributed by atoms with Crippen LogP contribution in [-0.4, -0.2) is 27.1 Å². The van der Waals surface area contributed by atoms with Crippen LogP contribution in [-0.2, 0) is 16.0 Å². The fraction of sp³-hybridized carbons (Fsp3) is 0.214. The van der Waals surface area contributed by atoms with Crippen LogP contribution in [0.1, 0.15) is 24.0 Å². The van der Waals surface area contributed by atoms with Crippen LogP contribution >= 0.6 is 0 Å². The number of hydrogen-bond donors (Lipinski definition) is 2. The fourth-order valence-electron chi connectivity index (χ4n) is 2.03. The highest BCUT2D eigenvalue weighted by Crippen LogP contribution is 2.25. The molecule has 0 aliphatic carbocycles. The molecular weight excluding hydrogens is 246 g/mol. The number of carboxylic acids is 2. The second-order valence-corrected chi connectivity index (χ2v) is 4.23. The molecule has 2 N–H and O–H groups in total. The molecule has 0 aliphatic rings. The van der Waals surface area contributed by atoms with Gasteiger partial charge in [0.2, 0.25) is 0 Å². The van der Waals surface area contributed by atoms with E-state index in [0.29, 0.717) is 5.52 Å². The van der Waals surface area contributed by atoms with Crippen molar-refractivity contribution in [3.05, 3.63) is 41.6 Å². The van der Waals surface area contributed by atoms with E-state index in [-0.39, 0.29) is 5.56 Å². The Morgan fingerprint density at radius 3 is 2.53 bits per heavy atom. The lowest BCUT2D eigenvalue weighted by atomic mass is 9.96. The van der Waals surface area contributed by atoms with Crippen molar-refractivity contribution in [2.75, 3.05) is 0 Å². The molecule has 2 aromatic rings. The highest BCUT2D eigenvalue weighted by Gasteiger charge is 2.29. The Kier molecular flexibility index (Phi) is 3.46. The van der Waals surface area contributed by atoms with E-state index < -0.39 is 17.9 Å². The topological polar surface area (TPSA) is 87.5 Å². The van der Waals surface area contributed by atoms with Crippen molar-refractivity contribution < 1.29 is 19.8 Å². The third-order valence-electron chi connectivity index (χ3n) is 3.01. The van der Waals surface area contributed by atoms with E-state index in [2.05, 4.69) is 4.98 Å². The van der Waals surface area contributed by atoms with Gasteiger partial charge in [0.25, 0.3) is 0 Å². The number of pyridine rings is 1. The second kappa shape index (κ2) is 5.06. The summed E-state index contributed by atoms with van der Waals surface area (Å²) in [6.07, 6.45) is 2.46. The molecule has 0 unspecified atom stereocenters. The Morgan fingerprint density at radius 2 is 1.95 bits per heavy atom. The van der Waals surface area contributed by atoms with Gasteiger partial charge in [0, 0.05) is 17.1 Å². The lowest BCUT2D eigenvalue weighted by molar-refractivity contribution is -0.149. The van der Waals surface area contributed by atoms with E-state index in [0.717, 1.165) is 17.4 Å². The summed E-state index contributed by atoms with van der Waals surface area (Å²) in [5.74, 6) is -4.37. The smallest absolute Gasteiger partial charge is 0.322 e. The predicted octanol–water partition coefficient (Wildman–Crippen LogP) is 2.05. The molecule has 1 aromatic heterocycles. The van der Waals surface area contributed by atoms with Gasteiger partial charge in [0.05, 0.1) is 5.52 Å². The first-order valence-corrected chi connectivity index (χ1v) is 5.87. The molecule has 1 aromatic carbocycles. The first-order valence-electron chi connectivity index (χ1n) is 5.87. The molecule has 5 heteroatoms. The summed E-state index contributed by atoms with van der Waals surface area (Å²) in [4.78, 5) is 26.4. The number of benzene rings is 1. The third kappa shape index (κ3) is 2.40. The second-order valence-electron chi connectivity index (χ2n) is 4.23. The zero-order chi connectivity index (χ0) is 14.0. The number of rotatable bonds is 4. The molecule has 0 saturated heterocycles. The van der Waals surface area contributed by atoms with Crippen molar-refractivity contribution in [3.8, 4) is 0 Å². The molecular formula is C14H13NO4. The molecule has 0 saturated carbocycles. The first kappa shape index (κ1) is 13.0. The van der Waals surface area contributed by atoms with Gasteiger partial charge in [-0.2, -0.15) is 0 Å². The van der Waals surface area contributed by atoms with Crippen molar-refractivity contribution in [3.63, 3.8) is 0 Å². The predicted molar refractivity (Wildman–Crippen MR) is 69.1 cm³/mol. The van der Waals surface area contributed by atoms with Gasteiger partial charge in [-0.3, -0.25) is 14.6 Å². The summed E-state index contributed by atoms with van der Waals surface area (Å²) in [7, 11) is 0. The van der Waals surface area contributed by atoms with Crippen molar-refractivity contribution in [2.45, 2.75) is 19.3 Å². The number of aliphatic carboxylic acids is 2. The van der Waals surface area contributed by atoms with Gasteiger partial charge >= 0.3 is 11.9 Å². The van der Waals surface area contributed by atoms with Crippen LogP contribution in [0.4, 0.5) is 0 Å². The monoisotopic (exact) mass is 259 g/mol. The van der Waals surface area contributed by atoms with Crippen LogP contribution in [0, 0.1) is 0 Å². The summed E-state index contributed by atoms with van der Waals surface area (Å²) < 4.78 is 0. The number of para-hydroxylation sites is 1. The number of aryl methyl sites for hydroxylation is 1. The first-order chi connectivity index (χ1) is 9.04. The van der Waals surface area contributed by atoms with E-state index >= 15 is 0 Å². The van der Waals surface area contributed by atoms with Crippen LogP contribution in [0.3, 0.4) is 0 Å². The summed E-state index contributed by atoms with van der Waals surface area (Å²) in [6, 6.07) is 6.84. The lowest BCUT2D eigenvalue weighted by Gasteiger charge is -2.11. The molecule has 0 aliphatic heterocycles. The Hall–Kier alpha value is -2.43. The summed E-state index contributed by atoms with van der Waals surface area (Å²) in [5.41, 5.74) is 1.65. The third-order valence-corrected chi connectivity index (χ3v) is 3.01. The quantitative estimate of drug-likeness (QED) is 0.820. The van der Waals surface area contributed by atoms with Gasteiger partial charge in [0.15, 0.2) is 5.92 Å². The Balaban J connectivity index is 2.66. The number of carbonyl (C=O) groups is 2. The van der Waals surface area contributed by atoms with Crippen LogP contribution in [0.5, 0.6) is 0 Å². The minimum Gasteiger partial charge on any atom is -0.480 e. The number of carboxylic acid groups (broad SMARTS) is 2. The molecule has 0 amide bonds. The molecule has 0 bridgehead atoms. The van der Waals surface area contributed by atoms with Crippen LogP contribution in [0.25, 0.3) is 10.9 Å². The number of hydrogen-bond acceptors (Lipinski definition) is 3. The van der Waals surface area contributed by atoms with Gasteiger partial charge in [0.1, 0.15) is 0 Å². The van der Waals surface area contributed by atoms with Crippen molar-refractivity contribution >= 4 is 22.8 Å². The molecule has 5 nitrogen and oxygen atoms in total.